The van der Waals surface area contributed by atoms with Crippen molar-refractivity contribution < 1.29 is 26.7 Å². The summed E-state index contributed by atoms with van der Waals surface area (Å²) in [5, 5.41) is 10.6. The molecular weight excluding hydrogens is 357 g/mol. The van der Waals surface area contributed by atoms with E-state index in [2.05, 4.69) is 0 Å². The summed E-state index contributed by atoms with van der Waals surface area (Å²) in [6.45, 7) is 0.800. The van der Waals surface area contributed by atoms with Crippen molar-refractivity contribution in [1.82, 2.24) is 9.21 Å². The third-order valence-corrected chi connectivity index (χ3v) is 6.22. The van der Waals surface area contributed by atoms with E-state index in [0.717, 1.165) is 24.3 Å². The minimum Gasteiger partial charge on any atom is -0.389 e. The molecule has 0 radical (unpaired) electrons. The van der Waals surface area contributed by atoms with Crippen LogP contribution in [-0.4, -0.2) is 62.1 Å². The molecule has 0 unspecified atom stereocenters. The lowest BCUT2D eigenvalue weighted by Gasteiger charge is -2.29. The maximum absolute atomic E-state index is 12.7. The number of rotatable bonds is 4. The van der Waals surface area contributed by atoms with Crippen LogP contribution in [0.25, 0.3) is 0 Å². The molecule has 0 aliphatic carbocycles. The van der Waals surface area contributed by atoms with Crippen LogP contribution in [0.1, 0.15) is 24.8 Å². The van der Waals surface area contributed by atoms with Crippen molar-refractivity contribution in [3.63, 3.8) is 0 Å². The minimum absolute atomic E-state index is 0.133. The van der Waals surface area contributed by atoms with Gasteiger partial charge in [0.2, 0.25) is 10.0 Å². The van der Waals surface area contributed by atoms with Gasteiger partial charge < -0.3 is 10.0 Å². The molecule has 1 aromatic carbocycles. The predicted molar refractivity (Wildman–Crippen MR) is 87.6 cm³/mol. The minimum atomic E-state index is -4.51. The number of aliphatic hydroxyl groups is 1. The highest BCUT2D eigenvalue weighted by atomic mass is 32.2. The zero-order valence-corrected chi connectivity index (χ0v) is 15.1. The van der Waals surface area contributed by atoms with Crippen LogP contribution >= 0.6 is 0 Å². The van der Waals surface area contributed by atoms with Gasteiger partial charge in [-0.2, -0.15) is 17.5 Å². The molecule has 9 heteroatoms. The molecular formula is C16H23F3N2O3S. The topological polar surface area (TPSA) is 60.9 Å². The Morgan fingerprint density at radius 3 is 2.28 bits per heavy atom. The van der Waals surface area contributed by atoms with Crippen LogP contribution in [-0.2, 0) is 16.2 Å². The number of nitrogens with zero attached hydrogens (tertiary/aromatic N) is 2. The van der Waals surface area contributed by atoms with Crippen molar-refractivity contribution in [2.24, 2.45) is 0 Å². The Kier molecular flexibility index (Phi) is 5.82. The summed E-state index contributed by atoms with van der Waals surface area (Å²) < 4.78 is 64.5. The van der Waals surface area contributed by atoms with Gasteiger partial charge in [-0.05, 0) is 57.6 Å². The Balaban J connectivity index is 2.17. The number of halogens is 3. The molecule has 2 rings (SSSR count). The maximum Gasteiger partial charge on any atom is 0.416 e. The van der Waals surface area contributed by atoms with Gasteiger partial charge in [-0.3, -0.25) is 0 Å². The second-order valence-corrected chi connectivity index (χ2v) is 8.68. The second-order valence-electron chi connectivity index (χ2n) is 6.74. The van der Waals surface area contributed by atoms with E-state index in [1.54, 1.807) is 0 Å². The summed E-state index contributed by atoms with van der Waals surface area (Å²) in [7, 11) is -0.219. The molecule has 1 N–H and O–H groups in total. The van der Waals surface area contributed by atoms with Gasteiger partial charge in [0.05, 0.1) is 16.1 Å². The largest absolute Gasteiger partial charge is 0.416 e. The molecule has 142 valence electrons. The first-order chi connectivity index (χ1) is 11.4. The Labute approximate surface area is 146 Å². The first-order valence-electron chi connectivity index (χ1n) is 7.99. The van der Waals surface area contributed by atoms with Gasteiger partial charge in [0.1, 0.15) is 0 Å². The first-order valence-corrected chi connectivity index (χ1v) is 9.43. The number of likely N-dealkylation sites (N-methyl/N-ethyl adjacent to an activating group) is 1. The van der Waals surface area contributed by atoms with Crippen molar-refractivity contribution in [2.45, 2.75) is 35.9 Å². The Morgan fingerprint density at radius 2 is 1.76 bits per heavy atom. The SMILES string of the molecule is CN(C)C[C@@]1(O)CCCN(S(=O)(=O)c2ccc(C(F)(F)F)cc2)CC1. The molecule has 5 nitrogen and oxygen atoms in total. The molecule has 1 atom stereocenters. The van der Waals surface area contributed by atoms with Gasteiger partial charge >= 0.3 is 6.18 Å². The maximum atomic E-state index is 12.7. The molecule has 0 aromatic heterocycles. The highest BCUT2D eigenvalue weighted by molar-refractivity contribution is 7.89. The number of hydrogen-bond donors (Lipinski definition) is 1. The average Bonchev–Trinajstić information content (AvgIpc) is 2.68. The number of hydrogen-bond acceptors (Lipinski definition) is 4. The van der Waals surface area contributed by atoms with E-state index < -0.39 is 27.4 Å². The Hall–Kier alpha value is -1.16. The summed E-state index contributed by atoms with van der Waals surface area (Å²) in [5.41, 5.74) is -1.85. The molecule has 1 fully saturated rings. The average molecular weight is 380 g/mol. The van der Waals surface area contributed by atoms with E-state index in [-0.39, 0.29) is 24.4 Å². The summed E-state index contributed by atoms with van der Waals surface area (Å²) in [6, 6.07) is 3.50. The fourth-order valence-electron chi connectivity index (χ4n) is 3.11. The number of sulfonamides is 1. The van der Waals surface area contributed by atoms with E-state index in [0.29, 0.717) is 19.4 Å². The summed E-state index contributed by atoms with van der Waals surface area (Å²) in [4.78, 5) is 1.68. The number of alkyl halides is 3. The van der Waals surface area contributed by atoms with E-state index in [1.807, 2.05) is 19.0 Å². The molecule has 1 aromatic rings. The molecule has 0 spiro atoms. The fourth-order valence-corrected chi connectivity index (χ4v) is 4.59. The fraction of sp³-hybridized carbons (Fsp3) is 0.625. The third-order valence-electron chi connectivity index (χ3n) is 4.31. The van der Waals surface area contributed by atoms with Crippen LogP contribution in [0, 0.1) is 0 Å². The van der Waals surface area contributed by atoms with Crippen LogP contribution in [0.2, 0.25) is 0 Å². The van der Waals surface area contributed by atoms with Crippen LogP contribution < -0.4 is 0 Å². The summed E-state index contributed by atoms with van der Waals surface area (Å²) in [6.07, 6.45) is -3.26. The molecule has 0 amide bonds. The lowest BCUT2D eigenvalue weighted by atomic mass is 9.94. The molecule has 25 heavy (non-hydrogen) atoms. The van der Waals surface area contributed by atoms with Gasteiger partial charge in [-0.1, -0.05) is 0 Å². The van der Waals surface area contributed by atoms with Gasteiger partial charge in [0.15, 0.2) is 0 Å². The molecule has 0 saturated carbocycles. The lowest BCUT2D eigenvalue weighted by molar-refractivity contribution is -0.137. The second kappa shape index (κ2) is 7.22. The summed E-state index contributed by atoms with van der Waals surface area (Å²) in [5.74, 6) is 0. The van der Waals surface area contributed by atoms with Crippen LogP contribution in [0.3, 0.4) is 0 Å². The lowest BCUT2D eigenvalue weighted by Crippen LogP contribution is -2.41. The molecule has 1 saturated heterocycles. The standard InChI is InChI=1S/C16H23F3N2O3S/c1-20(2)12-15(22)8-3-10-21(11-9-15)25(23,24)14-6-4-13(5-7-14)16(17,18)19/h4-7,22H,3,8-12H2,1-2H3/t15-/m1/s1. The van der Waals surface area contributed by atoms with Gasteiger partial charge in [0, 0.05) is 19.6 Å². The van der Waals surface area contributed by atoms with Crippen LogP contribution in [0.4, 0.5) is 13.2 Å². The molecule has 0 bridgehead atoms. The van der Waals surface area contributed by atoms with Crippen molar-refractivity contribution in [1.29, 1.82) is 0 Å². The van der Waals surface area contributed by atoms with Gasteiger partial charge in [-0.25, -0.2) is 8.42 Å². The van der Waals surface area contributed by atoms with E-state index >= 15 is 0 Å². The summed E-state index contributed by atoms with van der Waals surface area (Å²) >= 11 is 0. The third kappa shape index (κ3) is 4.93. The van der Waals surface area contributed by atoms with Crippen molar-refractivity contribution in [3.8, 4) is 0 Å². The van der Waals surface area contributed by atoms with Crippen molar-refractivity contribution >= 4 is 10.0 Å². The monoisotopic (exact) mass is 380 g/mol. The first kappa shape index (κ1) is 20.2. The van der Waals surface area contributed by atoms with Crippen molar-refractivity contribution in [2.75, 3.05) is 33.7 Å². The highest BCUT2D eigenvalue weighted by Gasteiger charge is 2.35. The quantitative estimate of drug-likeness (QED) is 0.870. The zero-order chi connectivity index (χ0) is 18.9. The zero-order valence-electron chi connectivity index (χ0n) is 14.3. The molecule has 1 heterocycles. The van der Waals surface area contributed by atoms with Crippen molar-refractivity contribution in [3.05, 3.63) is 29.8 Å². The smallest absolute Gasteiger partial charge is 0.389 e. The van der Waals surface area contributed by atoms with Crippen LogP contribution in [0.15, 0.2) is 29.2 Å². The van der Waals surface area contributed by atoms with E-state index in [4.69, 9.17) is 0 Å². The van der Waals surface area contributed by atoms with E-state index in [1.165, 1.54) is 4.31 Å². The van der Waals surface area contributed by atoms with Gasteiger partial charge in [0.25, 0.3) is 0 Å². The highest BCUT2D eigenvalue weighted by Crippen LogP contribution is 2.31. The Bertz CT molecular complexity index is 690. The molecule has 1 aliphatic rings. The Morgan fingerprint density at radius 1 is 1.16 bits per heavy atom. The van der Waals surface area contributed by atoms with E-state index in [9.17, 15) is 26.7 Å². The van der Waals surface area contributed by atoms with Gasteiger partial charge in [-0.15, -0.1) is 0 Å². The molecule has 1 aliphatic heterocycles. The predicted octanol–water partition coefficient (Wildman–Crippen LogP) is 2.17. The van der Waals surface area contributed by atoms with Crippen LogP contribution in [0.5, 0.6) is 0 Å². The number of benzene rings is 1. The normalized spacial score (nSPS) is 23.6.